The molecule has 0 radical (unpaired) electrons. The standard InChI is InChI=1S/C14H16Cl2INO/c15-10-3-1-2-9(6-10)8-18-14(19)12-7-11(16)4-5-13(12)17/h4-5,7,9-10H,1-3,6,8H2,(H,18,19). The molecule has 5 heteroatoms. The Morgan fingerprint density at radius 1 is 1.42 bits per heavy atom. The predicted octanol–water partition coefficient (Wildman–Crippen LogP) is 4.47. The monoisotopic (exact) mass is 411 g/mol. The second-order valence-corrected chi connectivity index (χ2v) is 7.18. The van der Waals surface area contributed by atoms with Crippen molar-refractivity contribution < 1.29 is 4.79 Å². The summed E-state index contributed by atoms with van der Waals surface area (Å²) in [5.74, 6) is 0.445. The fourth-order valence-electron chi connectivity index (χ4n) is 2.41. The Hall–Kier alpha value is -0.000000000000000111. The first-order chi connectivity index (χ1) is 9.06. The smallest absolute Gasteiger partial charge is 0.252 e. The highest BCUT2D eigenvalue weighted by atomic mass is 127. The van der Waals surface area contributed by atoms with Crippen molar-refractivity contribution >= 4 is 51.7 Å². The molecule has 1 N–H and O–H groups in total. The molecule has 1 aliphatic rings. The zero-order chi connectivity index (χ0) is 13.8. The average Bonchev–Trinajstić information content (AvgIpc) is 2.39. The number of hydrogen-bond donors (Lipinski definition) is 1. The molecule has 2 nitrogen and oxygen atoms in total. The normalized spacial score (nSPS) is 23.1. The molecule has 0 spiro atoms. The molecule has 2 atom stereocenters. The first-order valence-electron chi connectivity index (χ1n) is 6.43. The van der Waals surface area contributed by atoms with Crippen molar-refractivity contribution in [2.75, 3.05) is 6.54 Å². The summed E-state index contributed by atoms with van der Waals surface area (Å²) in [6, 6.07) is 5.36. The summed E-state index contributed by atoms with van der Waals surface area (Å²) in [5, 5.41) is 3.85. The van der Waals surface area contributed by atoms with E-state index >= 15 is 0 Å². The first-order valence-corrected chi connectivity index (χ1v) is 8.33. The third kappa shape index (κ3) is 4.50. The summed E-state index contributed by atoms with van der Waals surface area (Å²) >= 11 is 14.2. The van der Waals surface area contributed by atoms with E-state index in [1.807, 2.05) is 6.07 Å². The van der Waals surface area contributed by atoms with Crippen LogP contribution in [0.4, 0.5) is 0 Å². The number of rotatable bonds is 3. The molecular formula is C14H16Cl2INO. The third-order valence-corrected chi connectivity index (χ3v) is 5.02. The van der Waals surface area contributed by atoms with Crippen molar-refractivity contribution in [3.63, 3.8) is 0 Å². The maximum absolute atomic E-state index is 12.1. The van der Waals surface area contributed by atoms with E-state index in [0.717, 1.165) is 29.3 Å². The molecule has 19 heavy (non-hydrogen) atoms. The quantitative estimate of drug-likeness (QED) is 0.576. The number of carbonyl (C=O) groups excluding carboxylic acids is 1. The van der Waals surface area contributed by atoms with Crippen molar-refractivity contribution in [2.24, 2.45) is 5.92 Å². The highest BCUT2D eigenvalue weighted by Gasteiger charge is 2.21. The van der Waals surface area contributed by atoms with Crippen LogP contribution in [-0.2, 0) is 0 Å². The Balaban J connectivity index is 1.92. The molecule has 1 fully saturated rings. The summed E-state index contributed by atoms with van der Waals surface area (Å²) in [4.78, 5) is 12.1. The van der Waals surface area contributed by atoms with Gasteiger partial charge in [-0.1, -0.05) is 18.0 Å². The van der Waals surface area contributed by atoms with Crippen LogP contribution in [0.3, 0.4) is 0 Å². The Morgan fingerprint density at radius 3 is 2.95 bits per heavy atom. The average molecular weight is 412 g/mol. The Bertz CT molecular complexity index is 467. The minimum absolute atomic E-state index is 0.0522. The molecule has 1 aromatic carbocycles. The summed E-state index contributed by atoms with van der Waals surface area (Å²) in [6.07, 6.45) is 4.40. The van der Waals surface area contributed by atoms with Gasteiger partial charge in [0.25, 0.3) is 5.91 Å². The van der Waals surface area contributed by atoms with E-state index in [1.165, 1.54) is 0 Å². The SMILES string of the molecule is O=C(NCC1CCCC(Cl)C1)c1cc(Cl)ccc1I. The first kappa shape index (κ1) is 15.4. The topological polar surface area (TPSA) is 29.1 Å². The Labute approximate surface area is 137 Å². The lowest BCUT2D eigenvalue weighted by molar-refractivity contribution is 0.0943. The van der Waals surface area contributed by atoms with Crippen LogP contribution in [0.5, 0.6) is 0 Å². The number of hydrogen-bond acceptors (Lipinski definition) is 1. The number of amides is 1. The van der Waals surface area contributed by atoms with E-state index in [0.29, 0.717) is 23.0 Å². The molecule has 1 saturated carbocycles. The fourth-order valence-corrected chi connectivity index (χ4v) is 3.57. The predicted molar refractivity (Wildman–Crippen MR) is 88.1 cm³/mol. The highest BCUT2D eigenvalue weighted by Crippen LogP contribution is 2.27. The lowest BCUT2D eigenvalue weighted by Crippen LogP contribution is -2.32. The van der Waals surface area contributed by atoms with Crippen LogP contribution >= 0.6 is 45.8 Å². The van der Waals surface area contributed by atoms with Crippen molar-refractivity contribution in [2.45, 2.75) is 31.1 Å². The van der Waals surface area contributed by atoms with Gasteiger partial charge in [0, 0.05) is 20.5 Å². The molecule has 0 aliphatic heterocycles. The summed E-state index contributed by atoms with van der Waals surface area (Å²) in [7, 11) is 0. The zero-order valence-electron chi connectivity index (χ0n) is 10.5. The molecule has 0 heterocycles. The Morgan fingerprint density at radius 2 is 2.21 bits per heavy atom. The molecule has 1 amide bonds. The molecule has 1 aromatic rings. The van der Waals surface area contributed by atoms with Crippen molar-refractivity contribution in [3.8, 4) is 0 Å². The molecule has 2 rings (SSSR count). The van der Waals surface area contributed by atoms with Crippen LogP contribution in [-0.4, -0.2) is 17.8 Å². The Kier molecular flexibility index (Phi) is 5.78. The molecule has 0 bridgehead atoms. The van der Waals surface area contributed by atoms with E-state index < -0.39 is 0 Å². The van der Waals surface area contributed by atoms with Gasteiger partial charge >= 0.3 is 0 Å². The van der Waals surface area contributed by atoms with Gasteiger partial charge in [-0.3, -0.25) is 4.79 Å². The third-order valence-electron chi connectivity index (χ3n) is 3.44. The van der Waals surface area contributed by atoms with Crippen LogP contribution in [0, 0.1) is 9.49 Å². The van der Waals surface area contributed by atoms with Gasteiger partial charge in [-0.05, 0) is 66.0 Å². The highest BCUT2D eigenvalue weighted by molar-refractivity contribution is 14.1. The maximum Gasteiger partial charge on any atom is 0.252 e. The molecular weight excluding hydrogens is 396 g/mol. The van der Waals surface area contributed by atoms with Gasteiger partial charge in [-0.15, -0.1) is 11.6 Å². The van der Waals surface area contributed by atoms with Gasteiger partial charge < -0.3 is 5.32 Å². The second-order valence-electron chi connectivity index (χ2n) is 4.96. The number of halogens is 3. The van der Waals surface area contributed by atoms with E-state index in [1.54, 1.807) is 12.1 Å². The number of alkyl halides is 1. The maximum atomic E-state index is 12.1. The minimum atomic E-state index is -0.0522. The van der Waals surface area contributed by atoms with Crippen LogP contribution in [0.15, 0.2) is 18.2 Å². The van der Waals surface area contributed by atoms with E-state index in [-0.39, 0.29) is 11.3 Å². The van der Waals surface area contributed by atoms with E-state index in [2.05, 4.69) is 27.9 Å². The van der Waals surface area contributed by atoms with Crippen molar-refractivity contribution in [3.05, 3.63) is 32.4 Å². The van der Waals surface area contributed by atoms with Crippen molar-refractivity contribution in [1.29, 1.82) is 0 Å². The van der Waals surface area contributed by atoms with Crippen LogP contribution in [0.25, 0.3) is 0 Å². The van der Waals surface area contributed by atoms with Crippen LogP contribution in [0.1, 0.15) is 36.0 Å². The minimum Gasteiger partial charge on any atom is -0.352 e. The molecule has 104 valence electrons. The van der Waals surface area contributed by atoms with Gasteiger partial charge in [0.05, 0.1) is 5.56 Å². The number of nitrogens with one attached hydrogen (secondary N) is 1. The molecule has 2 unspecified atom stereocenters. The molecule has 1 aliphatic carbocycles. The van der Waals surface area contributed by atoms with E-state index in [4.69, 9.17) is 23.2 Å². The number of carbonyl (C=O) groups is 1. The summed E-state index contributed by atoms with van der Waals surface area (Å²) in [6.45, 7) is 0.699. The van der Waals surface area contributed by atoms with Gasteiger partial charge in [0.1, 0.15) is 0 Å². The fraction of sp³-hybridized carbons (Fsp3) is 0.500. The zero-order valence-corrected chi connectivity index (χ0v) is 14.1. The number of benzene rings is 1. The van der Waals surface area contributed by atoms with Crippen LogP contribution < -0.4 is 5.32 Å². The van der Waals surface area contributed by atoms with Gasteiger partial charge in [0.15, 0.2) is 0 Å². The van der Waals surface area contributed by atoms with Gasteiger partial charge in [-0.2, -0.15) is 0 Å². The van der Waals surface area contributed by atoms with Gasteiger partial charge in [0.2, 0.25) is 0 Å². The van der Waals surface area contributed by atoms with Crippen molar-refractivity contribution in [1.82, 2.24) is 5.32 Å². The van der Waals surface area contributed by atoms with Gasteiger partial charge in [-0.25, -0.2) is 0 Å². The van der Waals surface area contributed by atoms with E-state index in [9.17, 15) is 4.79 Å². The molecule has 0 saturated heterocycles. The lowest BCUT2D eigenvalue weighted by atomic mass is 9.89. The lowest BCUT2D eigenvalue weighted by Gasteiger charge is -2.25. The van der Waals surface area contributed by atoms with Crippen LogP contribution in [0.2, 0.25) is 5.02 Å². The molecule has 0 aromatic heterocycles. The largest absolute Gasteiger partial charge is 0.352 e. The second kappa shape index (κ2) is 7.14. The summed E-state index contributed by atoms with van der Waals surface area (Å²) in [5.41, 5.74) is 0.645. The summed E-state index contributed by atoms with van der Waals surface area (Å²) < 4.78 is 0.915.